The Labute approximate surface area is 153 Å². The van der Waals surface area contributed by atoms with Crippen LogP contribution >= 0.6 is 0 Å². The molecule has 2 aromatic carbocycles. The van der Waals surface area contributed by atoms with E-state index >= 15 is 0 Å². The summed E-state index contributed by atoms with van der Waals surface area (Å²) in [5.74, 6) is 0.611. The van der Waals surface area contributed by atoms with E-state index < -0.39 is 11.7 Å². The fraction of sp³-hybridized carbons (Fsp3) is 0.250. The molecule has 0 amide bonds. The molecule has 1 aromatic heterocycles. The first kappa shape index (κ1) is 18.8. The number of methoxy groups -OCH3 is 2. The summed E-state index contributed by atoms with van der Waals surface area (Å²) in [7, 11) is 2.83. The molecule has 3 aromatic rings. The summed E-state index contributed by atoms with van der Waals surface area (Å²) in [5.41, 5.74) is 1.17. The SMILES string of the molecule is COC(=O)CCc1cc(OC)c2oc(-c3ccc(C(F)(F)F)cc3)cc2c1. The first-order valence-electron chi connectivity index (χ1n) is 8.16. The quantitative estimate of drug-likeness (QED) is 0.570. The monoisotopic (exact) mass is 378 g/mol. The standard InChI is InChI=1S/C20H17F3O4/c1-25-17-10-12(3-8-18(24)26-2)9-14-11-16(27-19(14)17)13-4-6-15(7-5-13)20(21,22)23/h4-7,9-11H,3,8H2,1-2H3. The maximum atomic E-state index is 12.7. The third-order valence-electron chi connectivity index (χ3n) is 4.20. The van der Waals surface area contributed by atoms with Crippen LogP contribution in [0.3, 0.4) is 0 Å². The van der Waals surface area contributed by atoms with E-state index in [1.165, 1.54) is 26.4 Å². The molecule has 0 spiro atoms. The van der Waals surface area contributed by atoms with Crippen molar-refractivity contribution in [2.24, 2.45) is 0 Å². The number of carbonyl (C=O) groups is 1. The molecule has 1 heterocycles. The molecule has 0 aliphatic heterocycles. The molecule has 4 nitrogen and oxygen atoms in total. The first-order chi connectivity index (χ1) is 12.8. The van der Waals surface area contributed by atoms with E-state index in [2.05, 4.69) is 4.74 Å². The van der Waals surface area contributed by atoms with Gasteiger partial charge in [0.1, 0.15) is 5.76 Å². The number of benzene rings is 2. The average molecular weight is 378 g/mol. The predicted octanol–water partition coefficient (Wildman–Crippen LogP) is 5.23. The van der Waals surface area contributed by atoms with Crippen LogP contribution in [-0.2, 0) is 22.1 Å². The van der Waals surface area contributed by atoms with Crippen molar-refractivity contribution < 1.29 is 31.9 Å². The third-order valence-corrected chi connectivity index (χ3v) is 4.20. The van der Waals surface area contributed by atoms with Gasteiger partial charge in [-0.05, 0) is 42.3 Å². The molecule has 0 bridgehead atoms. The number of esters is 1. The molecule has 3 rings (SSSR count). The second-order valence-corrected chi connectivity index (χ2v) is 5.98. The van der Waals surface area contributed by atoms with Crippen molar-refractivity contribution in [3.05, 3.63) is 53.6 Å². The Bertz CT molecular complexity index is 956. The molecule has 0 fully saturated rings. The van der Waals surface area contributed by atoms with Crippen LogP contribution in [-0.4, -0.2) is 20.2 Å². The van der Waals surface area contributed by atoms with Crippen molar-refractivity contribution in [1.29, 1.82) is 0 Å². The molecule has 7 heteroatoms. The highest BCUT2D eigenvalue weighted by Crippen LogP contribution is 2.36. The lowest BCUT2D eigenvalue weighted by molar-refractivity contribution is -0.140. The van der Waals surface area contributed by atoms with E-state index in [1.54, 1.807) is 12.1 Å². The molecule has 0 saturated carbocycles. The number of rotatable bonds is 5. The Kier molecular flexibility index (Phi) is 5.12. The molecule has 0 saturated heterocycles. The van der Waals surface area contributed by atoms with Crippen LogP contribution in [0, 0.1) is 0 Å². The number of carbonyl (C=O) groups excluding carboxylic acids is 1. The van der Waals surface area contributed by atoms with Gasteiger partial charge in [0.25, 0.3) is 0 Å². The predicted molar refractivity (Wildman–Crippen MR) is 93.5 cm³/mol. The molecular weight excluding hydrogens is 361 g/mol. The van der Waals surface area contributed by atoms with Crippen LogP contribution in [0.15, 0.2) is 46.9 Å². The number of ether oxygens (including phenoxy) is 2. The van der Waals surface area contributed by atoms with Gasteiger partial charge in [0, 0.05) is 17.4 Å². The van der Waals surface area contributed by atoms with E-state index in [4.69, 9.17) is 9.15 Å². The van der Waals surface area contributed by atoms with Gasteiger partial charge in [0.15, 0.2) is 11.3 Å². The molecule has 27 heavy (non-hydrogen) atoms. The lowest BCUT2D eigenvalue weighted by Gasteiger charge is -2.06. The van der Waals surface area contributed by atoms with Gasteiger partial charge < -0.3 is 13.9 Å². The molecule has 0 N–H and O–H groups in total. The summed E-state index contributed by atoms with van der Waals surface area (Å²) in [6, 6.07) is 10.1. The Morgan fingerprint density at radius 1 is 1.07 bits per heavy atom. The topological polar surface area (TPSA) is 48.7 Å². The lowest BCUT2D eigenvalue weighted by atomic mass is 10.1. The first-order valence-corrected chi connectivity index (χ1v) is 8.16. The summed E-state index contributed by atoms with van der Waals surface area (Å²) in [6.45, 7) is 0. The molecule has 0 radical (unpaired) electrons. The third kappa shape index (κ3) is 4.07. The normalized spacial score (nSPS) is 11.6. The van der Waals surface area contributed by atoms with Crippen molar-refractivity contribution >= 4 is 16.9 Å². The highest BCUT2D eigenvalue weighted by molar-refractivity contribution is 5.88. The molecule has 0 unspecified atom stereocenters. The number of aryl methyl sites for hydroxylation is 1. The highest BCUT2D eigenvalue weighted by Gasteiger charge is 2.30. The van der Waals surface area contributed by atoms with Crippen LogP contribution < -0.4 is 4.74 Å². The Morgan fingerprint density at radius 2 is 1.78 bits per heavy atom. The highest BCUT2D eigenvalue weighted by atomic mass is 19.4. The van der Waals surface area contributed by atoms with Crippen molar-refractivity contribution in [3.8, 4) is 17.1 Å². The van der Waals surface area contributed by atoms with Gasteiger partial charge in [0.2, 0.25) is 0 Å². The number of furan rings is 1. The van der Waals surface area contributed by atoms with Crippen molar-refractivity contribution in [3.63, 3.8) is 0 Å². The van der Waals surface area contributed by atoms with E-state index in [0.717, 1.165) is 23.1 Å². The van der Waals surface area contributed by atoms with Crippen LogP contribution in [0.25, 0.3) is 22.3 Å². The second-order valence-electron chi connectivity index (χ2n) is 5.98. The smallest absolute Gasteiger partial charge is 0.416 e. The van der Waals surface area contributed by atoms with E-state index in [0.29, 0.717) is 29.1 Å². The Morgan fingerprint density at radius 3 is 2.37 bits per heavy atom. The fourth-order valence-corrected chi connectivity index (χ4v) is 2.79. The average Bonchev–Trinajstić information content (AvgIpc) is 3.08. The summed E-state index contributed by atoms with van der Waals surface area (Å²) in [5, 5.41) is 0.740. The van der Waals surface area contributed by atoms with E-state index in [9.17, 15) is 18.0 Å². The van der Waals surface area contributed by atoms with Gasteiger partial charge in [-0.1, -0.05) is 12.1 Å². The number of hydrogen-bond acceptors (Lipinski definition) is 4. The summed E-state index contributed by atoms with van der Waals surface area (Å²) >= 11 is 0. The zero-order valence-electron chi connectivity index (χ0n) is 14.7. The van der Waals surface area contributed by atoms with Gasteiger partial charge in [-0.2, -0.15) is 13.2 Å². The summed E-state index contributed by atoms with van der Waals surface area (Å²) in [6.07, 6.45) is -3.68. The molecular formula is C20H17F3O4. The minimum Gasteiger partial charge on any atom is -0.493 e. The van der Waals surface area contributed by atoms with Crippen molar-refractivity contribution in [1.82, 2.24) is 0 Å². The van der Waals surface area contributed by atoms with Gasteiger partial charge in [-0.3, -0.25) is 4.79 Å². The maximum Gasteiger partial charge on any atom is 0.416 e. The fourth-order valence-electron chi connectivity index (χ4n) is 2.79. The zero-order chi connectivity index (χ0) is 19.6. The van der Waals surface area contributed by atoms with Gasteiger partial charge >= 0.3 is 12.1 Å². The van der Waals surface area contributed by atoms with Crippen molar-refractivity contribution in [2.45, 2.75) is 19.0 Å². The minimum absolute atomic E-state index is 0.231. The van der Waals surface area contributed by atoms with Gasteiger partial charge in [-0.25, -0.2) is 0 Å². The largest absolute Gasteiger partial charge is 0.493 e. The summed E-state index contributed by atoms with van der Waals surface area (Å²) < 4.78 is 53.9. The van der Waals surface area contributed by atoms with E-state index in [1.807, 2.05) is 6.07 Å². The zero-order valence-corrected chi connectivity index (χ0v) is 14.7. The maximum absolute atomic E-state index is 12.7. The van der Waals surface area contributed by atoms with Crippen LogP contribution in [0.1, 0.15) is 17.5 Å². The van der Waals surface area contributed by atoms with Gasteiger partial charge in [-0.15, -0.1) is 0 Å². The minimum atomic E-state index is -4.38. The molecule has 0 aliphatic carbocycles. The summed E-state index contributed by atoms with van der Waals surface area (Å²) in [4.78, 5) is 11.3. The second kappa shape index (κ2) is 7.34. The number of fused-ring (bicyclic) bond motifs is 1. The van der Waals surface area contributed by atoms with Crippen LogP contribution in [0.4, 0.5) is 13.2 Å². The van der Waals surface area contributed by atoms with Gasteiger partial charge in [0.05, 0.1) is 19.8 Å². The lowest BCUT2D eigenvalue weighted by Crippen LogP contribution is -2.03. The Balaban J connectivity index is 1.95. The molecule has 0 aliphatic rings. The number of hydrogen-bond donors (Lipinski definition) is 0. The Hall–Kier alpha value is -2.96. The molecule has 142 valence electrons. The van der Waals surface area contributed by atoms with Crippen molar-refractivity contribution in [2.75, 3.05) is 14.2 Å². The van der Waals surface area contributed by atoms with Crippen LogP contribution in [0.5, 0.6) is 5.75 Å². The number of halogens is 3. The van der Waals surface area contributed by atoms with E-state index in [-0.39, 0.29) is 12.4 Å². The van der Waals surface area contributed by atoms with Crippen LogP contribution in [0.2, 0.25) is 0 Å². The molecule has 0 atom stereocenters. The number of alkyl halides is 3.